The maximum atomic E-state index is 13.5. The molecule has 73 heavy (non-hydrogen) atoms. The lowest BCUT2D eigenvalue weighted by molar-refractivity contribution is -0.144. The SMILES string of the molecule is COC(=O)[C@H](Cc1cn(C(c2ccccc2)(c2ccccc2)c2ccccc2)cn1)NCc1cc(N(C)C)cc(CN[C@@H](Cc2cn(C(c3ccccc3)(c3ccccc3)c3ccccc3)cn2)C(=O)OC)n1. The molecule has 3 aromatic heterocycles. The number of carbonyl (C=O) groups excluding carboxylic acids is 2. The molecule has 6 aromatic carbocycles. The van der Waals surface area contributed by atoms with E-state index in [1.165, 1.54) is 14.2 Å². The molecule has 0 spiro atoms. The van der Waals surface area contributed by atoms with Crippen molar-refractivity contribution in [2.24, 2.45) is 0 Å². The maximum absolute atomic E-state index is 13.5. The molecule has 9 aromatic rings. The smallest absolute Gasteiger partial charge is 0.323 e. The Kier molecular flexibility index (Phi) is 15.4. The number of anilines is 1. The van der Waals surface area contributed by atoms with Gasteiger partial charge >= 0.3 is 11.9 Å². The monoisotopic (exact) mass is 968 g/mol. The molecule has 0 radical (unpaired) electrons. The maximum Gasteiger partial charge on any atom is 0.323 e. The number of pyridine rings is 1. The van der Waals surface area contributed by atoms with Gasteiger partial charge in [0, 0.05) is 58.1 Å². The number of esters is 2. The summed E-state index contributed by atoms with van der Waals surface area (Å²) in [4.78, 5) is 43.9. The first kappa shape index (κ1) is 49.5. The van der Waals surface area contributed by atoms with E-state index in [1.54, 1.807) is 0 Å². The van der Waals surface area contributed by atoms with E-state index in [1.807, 2.05) is 92.6 Å². The average Bonchev–Trinajstić information content (AvgIpc) is 4.13. The number of nitrogens with one attached hydrogen (secondary N) is 2. The highest BCUT2D eigenvalue weighted by Crippen LogP contribution is 2.42. The number of aromatic nitrogens is 5. The molecule has 0 amide bonds. The van der Waals surface area contributed by atoms with Gasteiger partial charge in [0.05, 0.1) is 49.6 Å². The summed E-state index contributed by atoms with van der Waals surface area (Å²) in [7, 11) is 6.71. The summed E-state index contributed by atoms with van der Waals surface area (Å²) in [5.74, 6) is -0.838. The lowest BCUT2D eigenvalue weighted by Gasteiger charge is -2.37. The van der Waals surface area contributed by atoms with E-state index in [-0.39, 0.29) is 25.9 Å². The minimum atomic E-state index is -0.752. The third-order valence-electron chi connectivity index (χ3n) is 13.5. The average molecular weight is 969 g/mol. The standard InChI is InChI=1S/C61H60N8O4/c1-67(2)55-35-51(39-62-56(58(70)72-3)37-53-41-68(43-64-53)60(45-23-11-5-12-24-45,46-25-13-6-14-26-46)47-27-15-7-16-28-47)66-52(36-55)40-63-57(59(71)73-4)38-54-42-69(44-65-54)61(48-29-17-8-18-30-48,49-31-19-9-20-32-49)50-33-21-10-22-34-50/h5-36,41-44,56-57,62-63H,37-40H2,1-4H3/t56-,57-/m0/s1. The van der Waals surface area contributed by atoms with Crippen molar-refractivity contribution in [3.05, 3.63) is 275 Å². The molecule has 0 unspecified atom stereocenters. The van der Waals surface area contributed by atoms with Crippen LogP contribution in [0.25, 0.3) is 0 Å². The molecule has 3 heterocycles. The molecule has 12 heteroatoms. The summed E-state index contributed by atoms with van der Waals surface area (Å²) in [5.41, 5.74) is 8.62. The number of imidazole rings is 2. The van der Waals surface area contributed by atoms with E-state index >= 15 is 0 Å². The highest BCUT2D eigenvalue weighted by molar-refractivity contribution is 5.76. The zero-order valence-corrected chi connectivity index (χ0v) is 41.6. The Morgan fingerprint density at radius 1 is 0.479 bits per heavy atom. The summed E-state index contributed by atoms with van der Waals surface area (Å²) in [6.07, 6.45) is 8.25. The van der Waals surface area contributed by atoms with E-state index in [2.05, 4.69) is 165 Å². The number of hydrogen-bond acceptors (Lipinski definition) is 10. The predicted octanol–water partition coefficient (Wildman–Crippen LogP) is 8.97. The summed E-state index contributed by atoms with van der Waals surface area (Å²) >= 11 is 0. The molecule has 368 valence electrons. The van der Waals surface area contributed by atoms with Crippen LogP contribution in [0.2, 0.25) is 0 Å². The molecular weight excluding hydrogens is 909 g/mol. The van der Waals surface area contributed by atoms with Crippen LogP contribution in [0, 0.1) is 0 Å². The van der Waals surface area contributed by atoms with Crippen LogP contribution in [0.4, 0.5) is 5.69 Å². The number of benzene rings is 6. The van der Waals surface area contributed by atoms with Crippen LogP contribution in [-0.2, 0) is 56.1 Å². The Bertz CT molecular complexity index is 2780. The third kappa shape index (κ3) is 10.5. The van der Waals surface area contributed by atoms with Gasteiger partial charge in [-0.2, -0.15) is 0 Å². The van der Waals surface area contributed by atoms with Gasteiger partial charge in [-0.1, -0.05) is 182 Å². The van der Waals surface area contributed by atoms with Crippen LogP contribution >= 0.6 is 0 Å². The second-order valence-electron chi connectivity index (χ2n) is 18.2. The molecular formula is C61H60N8O4. The van der Waals surface area contributed by atoms with Gasteiger partial charge in [-0.05, 0) is 45.5 Å². The topological polar surface area (TPSA) is 128 Å². The van der Waals surface area contributed by atoms with Gasteiger partial charge in [-0.25, -0.2) is 9.97 Å². The second kappa shape index (κ2) is 22.7. The van der Waals surface area contributed by atoms with E-state index in [9.17, 15) is 9.59 Å². The molecule has 0 bridgehead atoms. The second-order valence-corrected chi connectivity index (χ2v) is 18.2. The molecule has 0 aliphatic heterocycles. The fraction of sp³-hybridized carbons (Fsp3) is 0.197. The Morgan fingerprint density at radius 2 is 0.767 bits per heavy atom. The van der Waals surface area contributed by atoms with Crippen molar-refractivity contribution >= 4 is 17.6 Å². The Morgan fingerprint density at radius 3 is 1.03 bits per heavy atom. The molecule has 0 aliphatic rings. The van der Waals surface area contributed by atoms with Crippen molar-refractivity contribution in [3.8, 4) is 0 Å². The number of carbonyl (C=O) groups is 2. The molecule has 12 nitrogen and oxygen atoms in total. The molecule has 0 fully saturated rings. The molecule has 2 atom stereocenters. The molecule has 2 N–H and O–H groups in total. The van der Waals surface area contributed by atoms with Gasteiger partial charge in [0.25, 0.3) is 0 Å². The van der Waals surface area contributed by atoms with E-state index in [4.69, 9.17) is 24.4 Å². The minimum absolute atomic E-state index is 0.251. The van der Waals surface area contributed by atoms with Crippen molar-refractivity contribution in [1.29, 1.82) is 0 Å². The van der Waals surface area contributed by atoms with E-state index in [0.29, 0.717) is 22.8 Å². The Balaban J connectivity index is 0.954. The number of methoxy groups -OCH3 is 2. The van der Waals surface area contributed by atoms with Crippen molar-refractivity contribution in [3.63, 3.8) is 0 Å². The number of ether oxygens (including phenoxy) is 2. The van der Waals surface area contributed by atoms with Gasteiger partial charge in [0.15, 0.2) is 0 Å². The Labute approximate surface area is 427 Å². The van der Waals surface area contributed by atoms with Crippen LogP contribution < -0.4 is 15.5 Å². The van der Waals surface area contributed by atoms with Gasteiger partial charge in [0.1, 0.15) is 23.2 Å². The van der Waals surface area contributed by atoms with Crippen LogP contribution in [0.15, 0.2) is 219 Å². The van der Waals surface area contributed by atoms with Crippen LogP contribution in [0.1, 0.15) is 56.2 Å². The van der Waals surface area contributed by atoms with Crippen molar-refractivity contribution in [1.82, 2.24) is 34.7 Å². The Hall–Kier alpha value is -8.45. The number of nitrogens with zero attached hydrogens (tertiary/aromatic N) is 6. The summed E-state index contributed by atoms with van der Waals surface area (Å²) in [5, 5.41) is 6.87. The zero-order chi connectivity index (χ0) is 50.6. The molecule has 9 rings (SSSR count). The van der Waals surface area contributed by atoms with Crippen molar-refractivity contribution in [2.75, 3.05) is 33.2 Å². The summed E-state index contributed by atoms with van der Waals surface area (Å²) in [6, 6.07) is 64.8. The quantitative estimate of drug-likeness (QED) is 0.0532. The van der Waals surface area contributed by atoms with E-state index in [0.717, 1.165) is 39.1 Å². The lowest BCUT2D eigenvalue weighted by atomic mass is 9.77. The summed E-state index contributed by atoms with van der Waals surface area (Å²) in [6.45, 7) is 0.502. The van der Waals surface area contributed by atoms with Gasteiger partial charge in [-0.15, -0.1) is 0 Å². The van der Waals surface area contributed by atoms with Crippen molar-refractivity contribution in [2.45, 2.75) is 49.1 Å². The molecule has 0 saturated heterocycles. The van der Waals surface area contributed by atoms with Crippen molar-refractivity contribution < 1.29 is 19.1 Å². The van der Waals surface area contributed by atoms with E-state index < -0.39 is 35.1 Å². The first-order valence-corrected chi connectivity index (χ1v) is 24.4. The number of rotatable bonds is 21. The number of hydrogen-bond donors (Lipinski definition) is 2. The first-order valence-electron chi connectivity index (χ1n) is 24.4. The summed E-state index contributed by atoms with van der Waals surface area (Å²) < 4.78 is 15.0. The normalized spacial score (nSPS) is 12.4. The van der Waals surface area contributed by atoms with Crippen LogP contribution in [0.3, 0.4) is 0 Å². The predicted molar refractivity (Wildman–Crippen MR) is 285 cm³/mol. The minimum Gasteiger partial charge on any atom is -0.468 e. The fourth-order valence-corrected chi connectivity index (χ4v) is 9.98. The van der Waals surface area contributed by atoms with Crippen LogP contribution in [0.5, 0.6) is 0 Å². The molecule has 0 aliphatic carbocycles. The van der Waals surface area contributed by atoms with Crippen LogP contribution in [-0.4, -0.2) is 76.4 Å². The first-order chi connectivity index (χ1) is 35.7. The third-order valence-corrected chi connectivity index (χ3v) is 13.5. The highest BCUT2D eigenvalue weighted by atomic mass is 16.5. The van der Waals surface area contributed by atoms with Gasteiger partial charge < -0.3 is 23.5 Å². The largest absolute Gasteiger partial charge is 0.468 e. The lowest BCUT2D eigenvalue weighted by Crippen LogP contribution is -2.40. The highest BCUT2D eigenvalue weighted by Gasteiger charge is 2.40. The molecule has 0 saturated carbocycles. The fourth-order valence-electron chi connectivity index (χ4n) is 9.98. The zero-order valence-electron chi connectivity index (χ0n) is 41.6. The van der Waals surface area contributed by atoms with Gasteiger partial charge in [0.2, 0.25) is 0 Å². The van der Waals surface area contributed by atoms with Gasteiger partial charge in [-0.3, -0.25) is 25.2 Å².